The molecule has 15 heavy (non-hydrogen) atoms. The molecule has 0 N–H and O–H groups in total. The summed E-state index contributed by atoms with van der Waals surface area (Å²) in [6.45, 7) is 0.282. The lowest BCUT2D eigenvalue weighted by molar-refractivity contribution is -0.111. The number of halogens is 1. The van der Waals surface area contributed by atoms with E-state index in [4.69, 9.17) is 9.47 Å². The molecule has 0 bridgehead atoms. The van der Waals surface area contributed by atoms with E-state index in [1.54, 1.807) is 0 Å². The van der Waals surface area contributed by atoms with Gasteiger partial charge in [-0.05, 0) is 30.5 Å². The van der Waals surface area contributed by atoms with Crippen molar-refractivity contribution in [2.45, 2.75) is 18.3 Å². The van der Waals surface area contributed by atoms with Crippen LogP contribution in [0.5, 0.6) is 11.5 Å². The second kappa shape index (κ2) is 3.10. The average molecular weight is 316 g/mol. The first-order valence-electron chi connectivity index (χ1n) is 4.82. The first kappa shape index (κ1) is 9.45. The molecule has 0 amide bonds. The Balaban J connectivity index is 2.03. The van der Waals surface area contributed by atoms with Crippen LogP contribution in [0.1, 0.15) is 18.4 Å². The SMILES string of the molecule is O=C(I)C1(c2ccc3c(c2)OCO3)CC1. The molecule has 0 saturated heterocycles. The van der Waals surface area contributed by atoms with Gasteiger partial charge in [-0.15, -0.1) is 0 Å². The van der Waals surface area contributed by atoms with Crippen LogP contribution in [0.25, 0.3) is 0 Å². The van der Waals surface area contributed by atoms with Crippen molar-refractivity contribution >= 4 is 26.4 Å². The minimum Gasteiger partial charge on any atom is -0.454 e. The van der Waals surface area contributed by atoms with Crippen molar-refractivity contribution < 1.29 is 14.3 Å². The fourth-order valence-corrected chi connectivity index (χ4v) is 2.77. The fourth-order valence-electron chi connectivity index (χ4n) is 1.92. The van der Waals surface area contributed by atoms with E-state index in [9.17, 15) is 4.79 Å². The second-order valence-electron chi connectivity index (χ2n) is 3.92. The summed E-state index contributed by atoms with van der Waals surface area (Å²) < 4.78 is 10.8. The van der Waals surface area contributed by atoms with E-state index in [0.29, 0.717) is 0 Å². The number of fused-ring (bicyclic) bond motifs is 1. The summed E-state index contributed by atoms with van der Waals surface area (Å²) in [7, 11) is 0. The molecule has 0 atom stereocenters. The van der Waals surface area contributed by atoms with Gasteiger partial charge in [0, 0.05) is 22.6 Å². The van der Waals surface area contributed by atoms with Gasteiger partial charge < -0.3 is 9.47 Å². The lowest BCUT2D eigenvalue weighted by atomic mass is 9.97. The molecular weight excluding hydrogens is 307 g/mol. The summed E-state index contributed by atoms with van der Waals surface area (Å²) in [5, 5.41) is 0. The minimum absolute atomic E-state index is 0.221. The molecule has 1 aromatic carbocycles. The van der Waals surface area contributed by atoms with E-state index >= 15 is 0 Å². The monoisotopic (exact) mass is 316 g/mol. The first-order valence-corrected chi connectivity index (χ1v) is 5.90. The predicted molar refractivity (Wildman–Crippen MR) is 62.5 cm³/mol. The maximum atomic E-state index is 11.5. The highest BCUT2D eigenvalue weighted by Crippen LogP contribution is 2.52. The third-order valence-electron chi connectivity index (χ3n) is 3.05. The van der Waals surface area contributed by atoms with Gasteiger partial charge in [-0.25, -0.2) is 0 Å². The van der Waals surface area contributed by atoms with Crippen LogP contribution >= 0.6 is 22.6 Å². The van der Waals surface area contributed by atoms with Gasteiger partial charge >= 0.3 is 0 Å². The lowest BCUT2D eigenvalue weighted by Crippen LogP contribution is -2.13. The second-order valence-corrected chi connectivity index (χ2v) is 4.90. The number of carbonyl (C=O) groups is 1. The van der Waals surface area contributed by atoms with Crippen molar-refractivity contribution in [3.05, 3.63) is 23.8 Å². The molecule has 0 radical (unpaired) electrons. The first-order chi connectivity index (χ1) is 7.22. The van der Waals surface area contributed by atoms with E-state index in [1.807, 2.05) is 40.8 Å². The molecule has 1 fully saturated rings. The van der Waals surface area contributed by atoms with Crippen molar-refractivity contribution in [3.63, 3.8) is 0 Å². The Labute approximate surface area is 101 Å². The lowest BCUT2D eigenvalue weighted by Gasteiger charge is -2.10. The van der Waals surface area contributed by atoms with E-state index in [0.717, 1.165) is 29.9 Å². The Kier molecular flexibility index (Phi) is 1.95. The molecule has 1 aliphatic heterocycles. The van der Waals surface area contributed by atoms with Crippen molar-refractivity contribution in [2.75, 3.05) is 6.79 Å². The molecule has 1 aliphatic carbocycles. The summed E-state index contributed by atoms with van der Waals surface area (Å²) in [5.41, 5.74) is 0.827. The van der Waals surface area contributed by atoms with Crippen molar-refractivity contribution in [3.8, 4) is 11.5 Å². The Bertz CT molecular complexity index is 437. The number of rotatable bonds is 2. The van der Waals surface area contributed by atoms with Gasteiger partial charge in [-0.1, -0.05) is 6.07 Å². The van der Waals surface area contributed by atoms with Crippen LogP contribution in [-0.4, -0.2) is 10.6 Å². The molecule has 1 aromatic rings. The largest absolute Gasteiger partial charge is 0.454 e. The molecule has 3 nitrogen and oxygen atoms in total. The molecule has 78 valence electrons. The van der Waals surface area contributed by atoms with E-state index in [-0.39, 0.29) is 16.0 Å². The highest BCUT2D eigenvalue weighted by Gasteiger charge is 2.50. The third kappa shape index (κ3) is 1.34. The molecule has 0 spiro atoms. The van der Waals surface area contributed by atoms with Gasteiger partial charge in [-0.3, -0.25) is 4.79 Å². The van der Waals surface area contributed by atoms with Crippen LogP contribution in [-0.2, 0) is 10.2 Å². The van der Waals surface area contributed by atoms with Gasteiger partial charge in [0.05, 0.1) is 5.41 Å². The maximum Gasteiger partial charge on any atom is 0.231 e. The quantitative estimate of drug-likeness (QED) is 0.621. The van der Waals surface area contributed by atoms with Crippen LogP contribution in [0.2, 0.25) is 0 Å². The molecule has 1 heterocycles. The van der Waals surface area contributed by atoms with E-state index in [2.05, 4.69) is 0 Å². The Morgan fingerprint density at radius 1 is 1.27 bits per heavy atom. The predicted octanol–water partition coefficient (Wildman–Crippen LogP) is 2.41. The number of hydrogen-bond acceptors (Lipinski definition) is 3. The zero-order chi connectivity index (χ0) is 10.5. The number of carbonyl (C=O) groups excluding carboxylic acids is 1. The summed E-state index contributed by atoms with van der Waals surface area (Å²) in [6.07, 6.45) is 1.91. The molecular formula is C11H9IO3. The topological polar surface area (TPSA) is 35.5 Å². The molecule has 0 aromatic heterocycles. The molecule has 2 aliphatic rings. The zero-order valence-electron chi connectivity index (χ0n) is 7.96. The number of hydrogen-bond donors (Lipinski definition) is 0. The standard InChI is InChI=1S/C11H9IO3/c12-10(13)11(3-4-11)7-1-2-8-9(5-7)15-6-14-8/h1-2,5H,3-4,6H2. The van der Waals surface area contributed by atoms with Gasteiger partial charge in [0.2, 0.25) is 10.6 Å². The van der Waals surface area contributed by atoms with Crippen molar-refractivity contribution in [1.29, 1.82) is 0 Å². The average Bonchev–Trinajstić information content (AvgIpc) is 2.91. The maximum absolute atomic E-state index is 11.5. The summed E-state index contributed by atoms with van der Waals surface area (Å²) >= 11 is 1.89. The van der Waals surface area contributed by atoms with Crippen LogP contribution < -0.4 is 9.47 Å². The highest BCUT2D eigenvalue weighted by atomic mass is 127. The summed E-state index contributed by atoms with van der Waals surface area (Å²) in [4.78, 5) is 11.5. The van der Waals surface area contributed by atoms with Crippen LogP contribution in [0.15, 0.2) is 18.2 Å². The normalized spacial score (nSPS) is 20.1. The van der Waals surface area contributed by atoms with Crippen LogP contribution in [0.3, 0.4) is 0 Å². The molecule has 0 unspecified atom stereocenters. The van der Waals surface area contributed by atoms with Gasteiger partial charge in [0.1, 0.15) is 0 Å². The Morgan fingerprint density at radius 2 is 2.00 bits per heavy atom. The summed E-state index contributed by atoms with van der Waals surface area (Å²) in [5.74, 6) is 1.53. The zero-order valence-corrected chi connectivity index (χ0v) is 10.1. The smallest absolute Gasteiger partial charge is 0.231 e. The van der Waals surface area contributed by atoms with E-state index < -0.39 is 0 Å². The Hall–Kier alpha value is -0.780. The molecule has 1 saturated carbocycles. The van der Waals surface area contributed by atoms with Crippen LogP contribution in [0, 0.1) is 0 Å². The van der Waals surface area contributed by atoms with Crippen LogP contribution in [0.4, 0.5) is 0 Å². The van der Waals surface area contributed by atoms with Gasteiger partial charge in [-0.2, -0.15) is 0 Å². The molecule has 3 rings (SSSR count). The van der Waals surface area contributed by atoms with E-state index in [1.165, 1.54) is 0 Å². The van der Waals surface area contributed by atoms with Crippen molar-refractivity contribution in [1.82, 2.24) is 0 Å². The van der Waals surface area contributed by atoms with Crippen molar-refractivity contribution in [2.24, 2.45) is 0 Å². The third-order valence-corrected chi connectivity index (χ3v) is 4.08. The summed E-state index contributed by atoms with van der Waals surface area (Å²) in [6, 6.07) is 5.79. The number of benzene rings is 1. The fraction of sp³-hybridized carbons (Fsp3) is 0.364. The highest BCUT2D eigenvalue weighted by molar-refractivity contribution is 14.1. The molecule has 4 heteroatoms. The Morgan fingerprint density at radius 3 is 2.67 bits per heavy atom. The minimum atomic E-state index is -0.235. The number of ether oxygens (including phenoxy) is 2. The van der Waals surface area contributed by atoms with Gasteiger partial charge in [0.25, 0.3) is 0 Å². The van der Waals surface area contributed by atoms with Gasteiger partial charge in [0.15, 0.2) is 11.5 Å².